The van der Waals surface area contributed by atoms with E-state index in [-0.39, 0.29) is 17.4 Å². The summed E-state index contributed by atoms with van der Waals surface area (Å²) < 4.78 is 0. The summed E-state index contributed by atoms with van der Waals surface area (Å²) >= 11 is 0. The maximum atomic E-state index is 12.3. The number of carbonyl (C=O) groups excluding carboxylic acids is 1. The lowest BCUT2D eigenvalue weighted by atomic mass is 9.84. The lowest BCUT2D eigenvalue weighted by molar-refractivity contribution is -0.125. The van der Waals surface area contributed by atoms with Crippen LogP contribution in [0.25, 0.3) is 0 Å². The molecule has 0 aromatic carbocycles. The first-order chi connectivity index (χ1) is 10.6. The largest absolute Gasteiger partial charge is 0.354 e. The van der Waals surface area contributed by atoms with E-state index in [1.54, 1.807) is 0 Å². The molecule has 2 rings (SSSR count). The zero-order chi connectivity index (χ0) is 16.0. The summed E-state index contributed by atoms with van der Waals surface area (Å²) in [6, 6.07) is 0. The molecule has 0 aromatic heterocycles. The Hall–Kier alpha value is -0.650. The number of piperidine rings is 2. The van der Waals surface area contributed by atoms with Crippen LogP contribution in [-0.2, 0) is 4.79 Å². The molecule has 1 atom stereocenters. The van der Waals surface area contributed by atoms with Gasteiger partial charge in [-0.3, -0.25) is 9.69 Å². The number of carbonyl (C=O) groups is 1. The summed E-state index contributed by atoms with van der Waals surface area (Å²) in [5.74, 6) is 0.222. The minimum absolute atomic E-state index is 0.0367. The van der Waals surface area contributed by atoms with Crippen molar-refractivity contribution in [3.8, 4) is 0 Å². The van der Waals surface area contributed by atoms with Crippen molar-refractivity contribution in [3.63, 3.8) is 0 Å². The van der Waals surface area contributed by atoms with Crippen LogP contribution in [0.5, 0.6) is 0 Å². The van der Waals surface area contributed by atoms with Crippen molar-refractivity contribution >= 4 is 5.91 Å². The van der Waals surface area contributed by atoms with E-state index in [1.165, 1.54) is 45.2 Å². The Bertz CT molecular complexity index is 347. The number of hydrogen-bond donors (Lipinski definition) is 2. The van der Waals surface area contributed by atoms with Gasteiger partial charge >= 0.3 is 0 Å². The van der Waals surface area contributed by atoms with E-state index in [0.29, 0.717) is 0 Å². The Kier molecular flexibility index (Phi) is 6.66. The molecule has 0 radical (unpaired) electrons. The van der Waals surface area contributed by atoms with Gasteiger partial charge in [0.15, 0.2) is 0 Å². The van der Waals surface area contributed by atoms with Gasteiger partial charge in [0.2, 0.25) is 5.91 Å². The molecule has 1 amide bonds. The predicted octanol–water partition coefficient (Wildman–Crippen LogP) is 0.908. The van der Waals surface area contributed by atoms with E-state index in [2.05, 4.69) is 27.5 Å². The van der Waals surface area contributed by atoms with E-state index in [4.69, 9.17) is 0 Å². The summed E-state index contributed by atoms with van der Waals surface area (Å²) in [4.78, 5) is 17.4. The monoisotopic (exact) mass is 310 g/mol. The molecule has 2 aliphatic rings. The van der Waals surface area contributed by atoms with E-state index in [9.17, 15) is 4.79 Å². The van der Waals surface area contributed by atoms with Crippen molar-refractivity contribution in [2.75, 3.05) is 53.4 Å². The molecular formula is C17H34N4O. The van der Waals surface area contributed by atoms with Crippen LogP contribution in [0.4, 0.5) is 0 Å². The molecule has 5 heteroatoms. The zero-order valence-corrected chi connectivity index (χ0v) is 14.7. The lowest BCUT2D eigenvalue weighted by Crippen LogP contribution is -2.61. The molecule has 0 bridgehead atoms. The standard InChI is InChI=1S/C17H34N4O/c1-15(13-18-2)16(22)19-14-17(7-11-20(3)12-8-17)21-9-5-4-6-10-21/h15,18H,4-14H2,1-3H3,(H,19,22). The Morgan fingerprint density at radius 2 is 1.77 bits per heavy atom. The highest BCUT2D eigenvalue weighted by atomic mass is 16.1. The van der Waals surface area contributed by atoms with Crippen LogP contribution in [0.2, 0.25) is 0 Å². The zero-order valence-electron chi connectivity index (χ0n) is 14.7. The fourth-order valence-corrected chi connectivity index (χ4v) is 3.83. The van der Waals surface area contributed by atoms with E-state index in [1.807, 2.05) is 14.0 Å². The van der Waals surface area contributed by atoms with Gasteiger partial charge in [0, 0.05) is 24.5 Å². The number of nitrogens with zero attached hydrogens (tertiary/aromatic N) is 2. The molecule has 2 N–H and O–H groups in total. The fraction of sp³-hybridized carbons (Fsp3) is 0.941. The van der Waals surface area contributed by atoms with Crippen molar-refractivity contribution in [3.05, 3.63) is 0 Å². The summed E-state index contributed by atoms with van der Waals surface area (Å²) in [7, 11) is 4.10. The fourth-order valence-electron chi connectivity index (χ4n) is 3.83. The van der Waals surface area contributed by atoms with Crippen molar-refractivity contribution in [1.29, 1.82) is 0 Å². The van der Waals surface area contributed by atoms with Gasteiger partial charge in [-0.15, -0.1) is 0 Å². The van der Waals surface area contributed by atoms with E-state index < -0.39 is 0 Å². The van der Waals surface area contributed by atoms with Gasteiger partial charge in [0.1, 0.15) is 0 Å². The quantitative estimate of drug-likeness (QED) is 0.765. The average Bonchev–Trinajstić information content (AvgIpc) is 2.55. The van der Waals surface area contributed by atoms with Crippen LogP contribution in [0.3, 0.4) is 0 Å². The molecule has 5 nitrogen and oxygen atoms in total. The summed E-state index contributed by atoms with van der Waals surface area (Å²) in [5, 5.41) is 6.34. The second-order valence-corrected chi connectivity index (χ2v) is 7.25. The smallest absolute Gasteiger partial charge is 0.224 e. The maximum absolute atomic E-state index is 12.3. The number of nitrogens with one attached hydrogen (secondary N) is 2. The van der Waals surface area contributed by atoms with Crippen LogP contribution < -0.4 is 10.6 Å². The summed E-state index contributed by atoms with van der Waals surface area (Å²) in [6.45, 7) is 8.22. The van der Waals surface area contributed by atoms with Crippen molar-refractivity contribution in [2.45, 2.75) is 44.6 Å². The predicted molar refractivity (Wildman–Crippen MR) is 91.0 cm³/mol. The number of amides is 1. The van der Waals surface area contributed by atoms with Crippen molar-refractivity contribution in [1.82, 2.24) is 20.4 Å². The number of rotatable bonds is 6. The second-order valence-electron chi connectivity index (χ2n) is 7.25. The van der Waals surface area contributed by atoms with Gasteiger partial charge in [-0.25, -0.2) is 0 Å². The molecular weight excluding hydrogens is 276 g/mol. The third-order valence-electron chi connectivity index (χ3n) is 5.49. The molecule has 2 aliphatic heterocycles. The normalized spacial score (nSPS) is 24.9. The van der Waals surface area contributed by atoms with Crippen LogP contribution in [-0.4, -0.2) is 74.6 Å². The molecule has 0 saturated carbocycles. The Morgan fingerprint density at radius 3 is 2.36 bits per heavy atom. The first kappa shape index (κ1) is 17.7. The van der Waals surface area contributed by atoms with Crippen LogP contribution in [0.1, 0.15) is 39.0 Å². The molecule has 0 aromatic rings. The highest BCUT2D eigenvalue weighted by Gasteiger charge is 2.39. The molecule has 128 valence electrons. The highest BCUT2D eigenvalue weighted by Crippen LogP contribution is 2.30. The van der Waals surface area contributed by atoms with Gasteiger partial charge in [-0.2, -0.15) is 0 Å². The Balaban J connectivity index is 1.97. The van der Waals surface area contributed by atoms with Crippen molar-refractivity contribution < 1.29 is 4.79 Å². The number of likely N-dealkylation sites (tertiary alicyclic amines) is 2. The highest BCUT2D eigenvalue weighted by molar-refractivity contribution is 5.78. The third-order valence-corrected chi connectivity index (χ3v) is 5.49. The molecule has 2 fully saturated rings. The van der Waals surface area contributed by atoms with E-state index in [0.717, 1.165) is 26.2 Å². The van der Waals surface area contributed by atoms with Crippen LogP contribution in [0.15, 0.2) is 0 Å². The van der Waals surface area contributed by atoms with Gasteiger partial charge in [0.25, 0.3) is 0 Å². The maximum Gasteiger partial charge on any atom is 0.224 e. The number of hydrogen-bond acceptors (Lipinski definition) is 4. The van der Waals surface area contributed by atoms with Crippen molar-refractivity contribution in [2.24, 2.45) is 5.92 Å². The first-order valence-electron chi connectivity index (χ1n) is 8.93. The van der Waals surface area contributed by atoms with Gasteiger partial charge < -0.3 is 15.5 Å². The second kappa shape index (κ2) is 8.27. The SMILES string of the molecule is CNCC(C)C(=O)NCC1(N2CCCCC2)CCN(C)CC1. The minimum Gasteiger partial charge on any atom is -0.354 e. The van der Waals surface area contributed by atoms with Gasteiger partial charge in [0.05, 0.1) is 0 Å². The molecule has 0 aliphatic carbocycles. The molecule has 2 saturated heterocycles. The molecule has 0 spiro atoms. The third kappa shape index (κ3) is 4.43. The van der Waals surface area contributed by atoms with Crippen LogP contribution in [0, 0.1) is 5.92 Å². The topological polar surface area (TPSA) is 47.6 Å². The van der Waals surface area contributed by atoms with Gasteiger partial charge in [-0.05, 0) is 66.0 Å². The summed E-state index contributed by atoms with van der Waals surface area (Å²) in [5.41, 5.74) is 0.182. The Morgan fingerprint density at radius 1 is 1.14 bits per heavy atom. The van der Waals surface area contributed by atoms with Crippen LogP contribution >= 0.6 is 0 Å². The van der Waals surface area contributed by atoms with E-state index >= 15 is 0 Å². The minimum atomic E-state index is 0.0367. The summed E-state index contributed by atoms with van der Waals surface area (Å²) in [6.07, 6.45) is 6.32. The lowest BCUT2D eigenvalue weighted by Gasteiger charge is -2.50. The first-order valence-corrected chi connectivity index (χ1v) is 8.93. The Labute approximate surface area is 135 Å². The molecule has 2 heterocycles. The molecule has 1 unspecified atom stereocenters. The average molecular weight is 310 g/mol. The molecule has 22 heavy (non-hydrogen) atoms. The van der Waals surface area contributed by atoms with Gasteiger partial charge in [-0.1, -0.05) is 13.3 Å².